The fraction of sp³-hybridized carbons (Fsp3) is 0.389. The molecule has 1 aromatic rings. The molecule has 0 spiro atoms. The number of carbonyl (C=O) groups is 3. The van der Waals surface area contributed by atoms with Gasteiger partial charge in [-0.15, -0.1) is 0 Å². The number of nitrogens with zero attached hydrogens (tertiary/aromatic N) is 1. The molecule has 1 aliphatic heterocycles. The SMILES string of the molecule is C[C@@H](C(=O)Nc1ccc(Br)cc1Cl)N1C(=O)[C@@H]2[C@H](C1=O)[C@@H]1C=C[C@H]2C1. The van der Waals surface area contributed by atoms with E-state index in [9.17, 15) is 14.4 Å². The summed E-state index contributed by atoms with van der Waals surface area (Å²) in [5.41, 5.74) is 0.447. The van der Waals surface area contributed by atoms with Gasteiger partial charge < -0.3 is 5.32 Å². The number of hydrogen-bond acceptors (Lipinski definition) is 3. The molecule has 3 aliphatic rings. The molecule has 4 rings (SSSR count). The van der Waals surface area contributed by atoms with Crippen molar-refractivity contribution in [3.8, 4) is 0 Å². The molecular weight excluding hydrogens is 408 g/mol. The predicted octanol–water partition coefficient (Wildman–Crippen LogP) is 3.24. The highest BCUT2D eigenvalue weighted by molar-refractivity contribution is 9.10. The lowest BCUT2D eigenvalue weighted by atomic mass is 9.85. The molecule has 7 heteroatoms. The van der Waals surface area contributed by atoms with Crippen LogP contribution in [0.15, 0.2) is 34.8 Å². The third-order valence-corrected chi connectivity index (χ3v) is 6.27. The molecule has 5 nitrogen and oxygen atoms in total. The van der Waals surface area contributed by atoms with Crippen molar-refractivity contribution in [2.75, 3.05) is 5.32 Å². The Kier molecular flexibility index (Phi) is 4.00. The van der Waals surface area contributed by atoms with Crippen LogP contribution >= 0.6 is 27.5 Å². The van der Waals surface area contributed by atoms with E-state index in [2.05, 4.69) is 21.2 Å². The number of imide groups is 1. The molecule has 2 aliphatic carbocycles. The van der Waals surface area contributed by atoms with Crippen molar-refractivity contribution in [1.82, 2.24) is 4.90 Å². The molecule has 0 aromatic heterocycles. The van der Waals surface area contributed by atoms with Crippen LogP contribution in [0.2, 0.25) is 5.02 Å². The highest BCUT2D eigenvalue weighted by Gasteiger charge is 2.60. The molecule has 1 N–H and O–H groups in total. The van der Waals surface area contributed by atoms with E-state index >= 15 is 0 Å². The van der Waals surface area contributed by atoms with Crippen LogP contribution in [0.3, 0.4) is 0 Å². The van der Waals surface area contributed by atoms with Crippen LogP contribution in [0.5, 0.6) is 0 Å². The highest BCUT2D eigenvalue weighted by atomic mass is 79.9. The van der Waals surface area contributed by atoms with Crippen molar-refractivity contribution in [3.05, 3.63) is 39.8 Å². The number of rotatable bonds is 3. The van der Waals surface area contributed by atoms with Crippen molar-refractivity contribution < 1.29 is 14.4 Å². The maximum atomic E-state index is 12.8. The smallest absolute Gasteiger partial charge is 0.247 e. The number of halogens is 2. The molecule has 1 heterocycles. The van der Waals surface area contributed by atoms with Gasteiger partial charge in [-0.1, -0.05) is 39.7 Å². The van der Waals surface area contributed by atoms with Crippen molar-refractivity contribution in [3.63, 3.8) is 0 Å². The summed E-state index contributed by atoms with van der Waals surface area (Å²) in [6, 6.07) is 4.22. The van der Waals surface area contributed by atoms with Crippen molar-refractivity contribution in [1.29, 1.82) is 0 Å². The lowest BCUT2D eigenvalue weighted by Gasteiger charge is -2.24. The van der Waals surface area contributed by atoms with Crippen LogP contribution in [0, 0.1) is 23.7 Å². The minimum absolute atomic E-state index is 0.132. The highest BCUT2D eigenvalue weighted by Crippen LogP contribution is 2.52. The van der Waals surface area contributed by atoms with Crippen LogP contribution in [0.4, 0.5) is 5.69 Å². The third-order valence-electron chi connectivity index (χ3n) is 5.46. The molecule has 1 saturated heterocycles. The van der Waals surface area contributed by atoms with E-state index in [-0.39, 0.29) is 35.5 Å². The molecule has 2 fully saturated rings. The Hall–Kier alpha value is -1.66. The number of fused-ring (bicyclic) bond motifs is 5. The number of amides is 3. The second-order valence-corrected chi connectivity index (χ2v) is 8.16. The van der Waals surface area contributed by atoms with Gasteiger partial charge in [0.15, 0.2) is 0 Å². The summed E-state index contributed by atoms with van der Waals surface area (Å²) in [5, 5.41) is 3.09. The second-order valence-electron chi connectivity index (χ2n) is 6.84. The van der Waals surface area contributed by atoms with E-state index < -0.39 is 11.9 Å². The fourth-order valence-electron chi connectivity index (χ4n) is 4.25. The average Bonchev–Trinajstić information content (AvgIpc) is 3.23. The first-order chi connectivity index (χ1) is 11.9. The first-order valence-corrected chi connectivity index (χ1v) is 9.36. The lowest BCUT2D eigenvalue weighted by Crippen LogP contribution is -2.46. The van der Waals surface area contributed by atoms with Gasteiger partial charge in [-0.2, -0.15) is 0 Å². The van der Waals surface area contributed by atoms with E-state index in [1.54, 1.807) is 25.1 Å². The van der Waals surface area contributed by atoms with E-state index in [4.69, 9.17) is 11.6 Å². The molecule has 3 amide bonds. The number of anilines is 1. The molecule has 5 atom stereocenters. The van der Waals surface area contributed by atoms with Crippen LogP contribution in [-0.2, 0) is 14.4 Å². The second kappa shape index (κ2) is 5.95. The molecular formula is C18H16BrClN2O3. The van der Waals surface area contributed by atoms with Crippen LogP contribution in [0.1, 0.15) is 13.3 Å². The van der Waals surface area contributed by atoms with Gasteiger partial charge in [0.1, 0.15) is 6.04 Å². The summed E-state index contributed by atoms with van der Waals surface area (Å²) in [6.45, 7) is 1.58. The van der Waals surface area contributed by atoms with Gasteiger partial charge in [0.25, 0.3) is 0 Å². The van der Waals surface area contributed by atoms with Crippen LogP contribution < -0.4 is 5.32 Å². The molecule has 130 valence electrons. The summed E-state index contributed by atoms with van der Waals surface area (Å²) >= 11 is 9.42. The summed E-state index contributed by atoms with van der Waals surface area (Å²) in [4.78, 5) is 39.2. The number of allylic oxidation sites excluding steroid dienone is 2. The van der Waals surface area contributed by atoms with Gasteiger partial charge >= 0.3 is 0 Å². The minimum Gasteiger partial charge on any atom is -0.323 e. The fourth-order valence-corrected chi connectivity index (χ4v) is 4.97. The molecule has 2 bridgehead atoms. The Bertz CT molecular complexity index is 795. The van der Waals surface area contributed by atoms with Crippen LogP contribution in [-0.4, -0.2) is 28.7 Å². The molecule has 0 unspecified atom stereocenters. The van der Waals surface area contributed by atoms with E-state index in [1.165, 1.54) is 0 Å². The number of hydrogen-bond donors (Lipinski definition) is 1. The third kappa shape index (κ3) is 2.54. The monoisotopic (exact) mass is 422 g/mol. The Balaban J connectivity index is 1.53. The molecule has 25 heavy (non-hydrogen) atoms. The van der Waals surface area contributed by atoms with Crippen LogP contribution in [0.25, 0.3) is 0 Å². The standard InChI is InChI=1S/C18H16BrClN2O3/c1-8(16(23)21-13-5-4-11(19)7-12(13)20)22-17(24)14-9-2-3-10(6-9)15(14)18(22)25/h2-5,7-10,14-15H,6H2,1H3,(H,21,23)/t8-,9-,10+,14-,15+/m0/s1. The molecule has 1 aromatic carbocycles. The Labute approximate surface area is 158 Å². The zero-order valence-corrected chi connectivity index (χ0v) is 15.8. The van der Waals surface area contributed by atoms with E-state index in [0.29, 0.717) is 10.7 Å². The minimum atomic E-state index is -0.871. The Morgan fingerprint density at radius 3 is 2.40 bits per heavy atom. The van der Waals surface area contributed by atoms with Gasteiger partial charge in [-0.25, -0.2) is 0 Å². The maximum absolute atomic E-state index is 12.8. The number of likely N-dealkylation sites (tertiary alicyclic amines) is 1. The zero-order chi connectivity index (χ0) is 17.9. The summed E-state index contributed by atoms with van der Waals surface area (Å²) in [7, 11) is 0. The molecule has 1 saturated carbocycles. The van der Waals surface area contributed by atoms with Gasteiger partial charge in [-0.05, 0) is 43.4 Å². The first kappa shape index (κ1) is 16.8. The Morgan fingerprint density at radius 1 is 1.24 bits per heavy atom. The van der Waals surface area contributed by atoms with E-state index in [1.807, 2.05) is 12.2 Å². The quantitative estimate of drug-likeness (QED) is 0.599. The van der Waals surface area contributed by atoms with Gasteiger partial charge in [0.2, 0.25) is 17.7 Å². The number of benzene rings is 1. The number of carbonyl (C=O) groups excluding carboxylic acids is 3. The van der Waals surface area contributed by atoms with Crippen molar-refractivity contribution in [2.45, 2.75) is 19.4 Å². The van der Waals surface area contributed by atoms with Gasteiger partial charge in [-0.3, -0.25) is 19.3 Å². The van der Waals surface area contributed by atoms with Crippen molar-refractivity contribution >= 4 is 50.9 Å². The Morgan fingerprint density at radius 2 is 1.84 bits per heavy atom. The van der Waals surface area contributed by atoms with Gasteiger partial charge in [0, 0.05) is 4.47 Å². The predicted molar refractivity (Wildman–Crippen MR) is 96.8 cm³/mol. The zero-order valence-electron chi connectivity index (χ0n) is 13.4. The first-order valence-electron chi connectivity index (χ1n) is 8.19. The summed E-state index contributed by atoms with van der Waals surface area (Å²) in [6.07, 6.45) is 4.94. The summed E-state index contributed by atoms with van der Waals surface area (Å²) in [5.74, 6) is -1.21. The maximum Gasteiger partial charge on any atom is 0.247 e. The number of nitrogens with one attached hydrogen (secondary N) is 1. The van der Waals surface area contributed by atoms with Gasteiger partial charge in [0.05, 0.1) is 22.5 Å². The lowest BCUT2D eigenvalue weighted by molar-refractivity contribution is -0.146. The summed E-state index contributed by atoms with van der Waals surface area (Å²) < 4.78 is 0.796. The average molecular weight is 424 g/mol. The topological polar surface area (TPSA) is 66.5 Å². The largest absolute Gasteiger partial charge is 0.323 e. The normalized spacial score (nSPS) is 30.8. The van der Waals surface area contributed by atoms with E-state index in [0.717, 1.165) is 15.8 Å². The van der Waals surface area contributed by atoms with Crippen molar-refractivity contribution in [2.24, 2.45) is 23.7 Å². The molecule has 0 radical (unpaired) electrons.